The molecule has 20 heavy (non-hydrogen) atoms. The molecule has 0 atom stereocenters. The quantitative estimate of drug-likeness (QED) is 0.558. The Labute approximate surface area is 121 Å². The fourth-order valence-electron chi connectivity index (χ4n) is 2.19. The number of hydrogen-bond acceptors (Lipinski definition) is 4. The highest BCUT2D eigenvalue weighted by molar-refractivity contribution is 6.30. The SMILES string of the molecule is Cc1cc(Cl)ccc1-c1nc(NN)c2ccccc2n1. The lowest BCUT2D eigenvalue weighted by molar-refractivity contribution is 1.18. The van der Waals surface area contributed by atoms with Gasteiger partial charge in [0, 0.05) is 16.0 Å². The number of para-hydroxylation sites is 1. The molecule has 0 aliphatic heterocycles. The van der Waals surface area contributed by atoms with Crippen molar-refractivity contribution in [1.29, 1.82) is 0 Å². The third-order valence-electron chi connectivity index (χ3n) is 3.17. The summed E-state index contributed by atoms with van der Waals surface area (Å²) in [5, 5.41) is 1.59. The van der Waals surface area contributed by atoms with Gasteiger partial charge in [-0.05, 0) is 42.8 Å². The van der Waals surface area contributed by atoms with Gasteiger partial charge in [0.2, 0.25) is 0 Å². The number of benzene rings is 2. The molecule has 0 saturated carbocycles. The van der Waals surface area contributed by atoms with Crippen LogP contribution in [-0.4, -0.2) is 9.97 Å². The first-order valence-electron chi connectivity index (χ1n) is 6.19. The molecule has 0 spiro atoms. The van der Waals surface area contributed by atoms with Gasteiger partial charge in [-0.2, -0.15) is 0 Å². The molecular formula is C15H13ClN4. The summed E-state index contributed by atoms with van der Waals surface area (Å²) >= 11 is 5.98. The number of aryl methyl sites for hydroxylation is 1. The molecule has 3 aromatic rings. The molecule has 0 aliphatic carbocycles. The van der Waals surface area contributed by atoms with Crippen molar-refractivity contribution in [2.75, 3.05) is 5.43 Å². The smallest absolute Gasteiger partial charge is 0.162 e. The van der Waals surface area contributed by atoms with Gasteiger partial charge < -0.3 is 5.43 Å². The zero-order chi connectivity index (χ0) is 14.1. The van der Waals surface area contributed by atoms with Crippen molar-refractivity contribution in [2.24, 2.45) is 5.84 Å². The Bertz CT molecular complexity index is 786. The molecule has 2 aromatic carbocycles. The molecule has 0 radical (unpaired) electrons. The van der Waals surface area contributed by atoms with Crippen LogP contribution in [0.15, 0.2) is 42.5 Å². The van der Waals surface area contributed by atoms with Gasteiger partial charge in [-0.1, -0.05) is 23.7 Å². The number of nitrogen functional groups attached to an aromatic ring is 1. The lowest BCUT2D eigenvalue weighted by atomic mass is 10.1. The molecule has 1 heterocycles. The molecule has 100 valence electrons. The highest BCUT2D eigenvalue weighted by Crippen LogP contribution is 2.27. The predicted octanol–water partition coefficient (Wildman–Crippen LogP) is 3.54. The van der Waals surface area contributed by atoms with Crippen LogP contribution in [0.2, 0.25) is 5.02 Å². The molecule has 1 aromatic heterocycles. The fourth-order valence-corrected chi connectivity index (χ4v) is 2.41. The maximum absolute atomic E-state index is 5.98. The molecule has 4 nitrogen and oxygen atoms in total. The maximum Gasteiger partial charge on any atom is 0.162 e. The molecule has 5 heteroatoms. The summed E-state index contributed by atoms with van der Waals surface area (Å²) in [6, 6.07) is 13.4. The minimum Gasteiger partial charge on any atom is -0.308 e. The molecule has 3 rings (SSSR count). The lowest BCUT2D eigenvalue weighted by Crippen LogP contribution is -2.10. The van der Waals surface area contributed by atoms with Crippen LogP contribution in [0.4, 0.5) is 5.82 Å². The molecular weight excluding hydrogens is 272 g/mol. The second kappa shape index (κ2) is 5.07. The monoisotopic (exact) mass is 284 g/mol. The third-order valence-corrected chi connectivity index (χ3v) is 3.40. The number of nitrogens with zero attached hydrogens (tertiary/aromatic N) is 2. The fraction of sp³-hybridized carbons (Fsp3) is 0.0667. The third kappa shape index (κ3) is 2.19. The summed E-state index contributed by atoms with van der Waals surface area (Å²) in [4.78, 5) is 9.08. The molecule has 0 fully saturated rings. The number of nitrogens with two attached hydrogens (primary N) is 1. The molecule has 0 bridgehead atoms. The van der Waals surface area contributed by atoms with Crippen molar-refractivity contribution in [1.82, 2.24) is 9.97 Å². The van der Waals surface area contributed by atoms with Gasteiger partial charge >= 0.3 is 0 Å². The number of fused-ring (bicyclic) bond motifs is 1. The van der Waals surface area contributed by atoms with Gasteiger partial charge in [0.25, 0.3) is 0 Å². The minimum absolute atomic E-state index is 0.611. The Morgan fingerprint density at radius 2 is 1.90 bits per heavy atom. The van der Waals surface area contributed by atoms with Gasteiger partial charge in [-0.3, -0.25) is 0 Å². The zero-order valence-corrected chi connectivity index (χ0v) is 11.6. The van der Waals surface area contributed by atoms with E-state index in [1.54, 1.807) is 0 Å². The first-order valence-corrected chi connectivity index (χ1v) is 6.57. The van der Waals surface area contributed by atoms with Crippen LogP contribution in [-0.2, 0) is 0 Å². The van der Waals surface area contributed by atoms with Crippen LogP contribution in [0.5, 0.6) is 0 Å². The van der Waals surface area contributed by atoms with Gasteiger partial charge in [-0.25, -0.2) is 15.8 Å². The number of nitrogens with one attached hydrogen (secondary N) is 1. The van der Waals surface area contributed by atoms with Crippen LogP contribution >= 0.6 is 11.6 Å². The predicted molar refractivity (Wildman–Crippen MR) is 82.5 cm³/mol. The molecule has 0 amide bonds. The largest absolute Gasteiger partial charge is 0.308 e. The lowest BCUT2D eigenvalue weighted by Gasteiger charge is -2.09. The van der Waals surface area contributed by atoms with Crippen molar-refractivity contribution >= 4 is 28.3 Å². The van der Waals surface area contributed by atoms with Crippen molar-refractivity contribution in [3.05, 3.63) is 53.1 Å². The second-order valence-corrected chi connectivity index (χ2v) is 4.95. The average molecular weight is 285 g/mol. The first kappa shape index (κ1) is 12.8. The van der Waals surface area contributed by atoms with E-state index in [4.69, 9.17) is 17.4 Å². The summed E-state index contributed by atoms with van der Waals surface area (Å²) in [5.41, 5.74) is 5.45. The Kier molecular flexibility index (Phi) is 3.26. The van der Waals surface area contributed by atoms with Crippen molar-refractivity contribution in [3.63, 3.8) is 0 Å². The summed E-state index contributed by atoms with van der Waals surface area (Å²) in [5.74, 6) is 6.81. The van der Waals surface area contributed by atoms with Gasteiger partial charge in [-0.15, -0.1) is 0 Å². The van der Waals surface area contributed by atoms with E-state index in [2.05, 4.69) is 15.4 Å². The number of hydrogen-bond donors (Lipinski definition) is 2. The van der Waals surface area contributed by atoms with Crippen molar-refractivity contribution in [2.45, 2.75) is 6.92 Å². The topological polar surface area (TPSA) is 63.8 Å². The zero-order valence-electron chi connectivity index (χ0n) is 10.9. The molecule has 0 saturated heterocycles. The minimum atomic E-state index is 0.611. The Balaban J connectivity index is 2.26. The Hall–Kier alpha value is -2.17. The van der Waals surface area contributed by atoms with E-state index >= 15 is 0 Å². The standard InChI is InChI=1S/C15H13ClN4/c1-9-8-10(16)6-7-11(9)14-18-13-5-3-2-4-12(13)15(19-14)20-17/h2-8H,17H2,1H3,(H,18,19,20). The number of hydrazine groups is 1. The van der Waals surface area contributed by atoms with Crippen molar-refractivity contribution < 1.29 is 0 Å². The second-order valence-electron chi connectivity index (χ2n) is 4.52. The van der Waals surface area contributed by atoms with E-state index in [0.29, 0.717) is 16.7 Å². The summed E-state index contributed by atoms with van der Waals surface area (Å²) in [6.07, 6.45) is 0. The van der Waals surface area contributed by atoms with Gasteiger partial charge in [0.15, 0.2) is 11.6 Å². The van der Waals surface area contributed by atoms with Crippen LogP contribution in [0.1, 0.15) is 5.56 Å². The van der Waals surface area contributed by atoms with E-state index in [0.717, 1.165) is 22.0 Å². The number of halogens is 1. The normalized spacial score (nSPS) is 10.8. The van der Waals surface area contributed by atoms with E-state index < -0.39 is 0 Å². The van der Waals surface area contributed by atoms with E-state index in [1.165, 1.54) is 0 Å². The summed E-state index contributed by atoms with van der Waals surface area (Å²) < 4.78 is 0. The van der Waals surface area contributed by atoms with E-state index in [-0.39, 0.29) is 0 Å². The maximum atomic E-state index is 5.98. The van der Waals surface area contributed by atoms with Gasteiger partial charge in [0.1, 0.15) is 0 Å². The number of aromatic nitrogens is 2. The molecule has 0 unspecified atom stereocenters. The number of anilines is 1. The Morgan fingerprint density at radius 1 is 1.10 bits per heavy atom. The Morgan fingerprint density at radius 3 is 2.65 bits per heavy atom. The van der Waals surface area contributed by atoms with Gasteiger partial charge in [0.05, 0.1) is 5.52 Å². The van der Waals surface area contributed by atoms with Crippen LogP contribution in [0.3, 0.4) is 0 Å². The first-order chi connectivity index (χ1) is 9.69. The highest BCUT2D eigenvalue weighted by Gasteiger charge is 2.10. The van der Waals surface area contributed by atoms with E-state index in [9.17, 15) is 0 Å². The summed E-state index contributed by atoms with van der Waals surface area (Å²) in [7, 11) is 0. The molecule has 0 aliphatic rings. The van der Waals surface area contributed by atoms with Crippen LogP contribution in [0, 0.1) is 6.92 Å². The van der Waals surface area contributed by atoms with Crippen LogP contribution < -0.4 is 11.3 Å². The van der Waals surface area contributed by atoms with Crippen molar-refractivity contribution in [3.8, 4) is 11.4 Å². The summed E-state index contributed by atoms with van der Waals surface area (Å²) in [6.45, 7) is 1.98. The average Bonchev–Trinajstić information content (AvgIpc) is 2.46. The number of rotatable bonds is 2. The van der Waals surface area contributed by atoms with Crippen LogP contribution in [0.25, 0.3) is 22.3 Å². The highest BCUT2D eigenvalue weighted by atomic mass is 35.5. The molecule has 3 N–H and O–H groups in total. The van der Waals surface area contributed by atoms with E-state index in [1.807, 2.05) is 49.4 Å².